The Labute approximate surface area is 143 Å². The first kappa shape index (κ1) is 16.6. The molecule has 130 valence electrons. The Kier molecular flexibility index (Phi) is 4.22. The maximum absolute atomic E-state index is 12.4. The van der Waals surface area contributed by atoms with Crippen molar-refractivity contribution in [3.05, 3.63) is 47.0 Å². The smallest absolute Gasteiger partial charge is 0.343 e. The lowest BCUT2D eigenvalue weighted by Crippen LogP contribution is -2.07. The Morgan fingerprint density at radius 3 is 2.40 bits per heavy atom. The van der Waals surface area contributed by atoms with Gasteiger partial charge in [-0.05, 0) is 18.2 Å². The Hall–Kier alpha value is -3.22. The van der Waals surface area contributed by atoms with E-state index in [1.165, 1.54) is 26.4 Å². The molecule has 0 aromatic heterocycles. The number of hydrogen-bond acceptors (Lipinski definition) is 7. The van der Waals surface area contributed by atoms with Crippen LogP contribution in [0.1, 0.15) is 38.8 Å². The van der Waals surface area contributed by atoms with E-state index in [0.29, 0.717) is 11.3 Å². The number of ketones is 1. The van der Waals surface area contributed by atoms with Gasteiger partial charge in [0.2, 0.25) is 0 Å². The normalized spacial score (nSPS) is 15.4. The van der Waals surface area contributed by atoms with E-state index in [1.807, 2.05) is 0 Å². The number of rotatable bonds is 5. The number of hydrogen-bond donors (Lipinski definition) is 2. The number of phenols is 2. The zero-order chi connectivity index (χ0) is 18.1. The predicted octanol–water partition coefficient (Wildman–Crippen LogP) is 2.60. The fourth-order valence-electron chi connectivity index (χ4n) is 2.87. The fraction of sp³-hybridized carbons (Fsp3) is 0.222. The van der Waals surface area contributed by atoms with E-state index >= 15 is 0 Å². The molecule has 0 bridgehead atoms. The molecule has 0 saturated heterocycles. The molecular weight excluding hydrogens is 328 g/mol. The largest absolute Gasteiger partial charge is 0.508 e. The lowest BCUT2D eigenvalue weighted by Gasteiger charge is -2.12. The third kappa shape index (κ3) is 2.96. The number of benzene rings is 2. The molecule has 0 fully saturated rings. The molecule has 0 unspecified atom stereocenters. The summed E-state index contributed by atoms with van der Waals surface area (Å²) in [5.41, 5.74) is 0.890. The summed E-state index contributed by atoms with van der Waals surface area (Å²) in [4.78, 5) is 24.6. The molecule has 1 heterocycles. The van der Waals surface area contributed by atoms with E-state index in [-0.39, 0.29) is 40.6 Å². The highest BCUT2D eigenvalue weighted by molar-refractivity contribution is 6.01. The molecule has 1 aliphatic rings. The number of carbonyl (C=O) groups is 2. The number of esters is 1. The molecule has 0 spiro atoms. The SMILES string of the molecule is COc1ccc2c(c1OC)C(=O)O[C@@H]2CC(=O)c1cc(O)cc(O)c1. The average Bonchev–Trinajstić information content (AvgIpc) is 2.89. The summed E-state index contributed by atoms with van der Waals surface area (Å²) in [6, 6.07) is 6.90. The second-order valence-corrected chi connectivity index (χ2v) is 5.52. The molecule has 25 heavy (non-hydrogen) atoms. The van der Waals surface area contributed by atoms with Crippen LogP contribution in [0.2, 0.25) is 0 Å². The molecule has 0 saturated carbocycles. The van der Waals surface area contributed by atoms with Crippen LogP contribution < -0.4 is 9.47 Å². The number of carbonyl (C=O) groups excluding carboxylic acids is 2. The van der Waals surface area contributed by atoms with E-state index in [4.69, 9.17) is 14.2 Å². The Morgan fingerprint density at radius 1 is 1.12 bits per heavy atom. The lowest BCUT2D eigenvalue weighted by molar-refractivity contribution is 0.0365. The first-order valence-corrected chi connectivity index (χ1v) is 7.46. The van der Waals surface area contributed by atoms with Gasteiger partial charge in [-0.25, -0.2) is 4.79 Å². The first-order valence-electron chi connectivity index (χ1n) is 7.46. The highest BCUT2D eigenvalue weighted by atomic mass is 16.6. The Bertz CT molecular complexity index is 836. The molecule has 2 aromatic carbocycles. The second kappa shape index (κ2) is 6.35. The Morgan fingerprint density at radius 2 is 1.80 bits per heavy atom. The number of phenolic OH excluding ortho intramolecular Hbond substituents is 2. The van der Waals surface area contributed by atoms with Gasteiger partial charge in [-0.15, -0.1) is 0 Å². The summed E-state index contributed by atoms with van der Waals surface area (Å²) in [5, 5.41) is 19.0. The molecule has 7 heteroatoms. The maximum atomic E-state index is 12.4. The van der Waals surface area contributed by atoms with Crippen LogP contribution in [0.15, 0.2) is 30.3 Å². The van der Waals surface area contributed by atoms with Crippen LogP contribution in [0.25, 0.3) is 0 Å². The average molecular weight is 344 g/mol. The van der Waals surface area contributed by atoms with Crippen molar-refractivity contribution >= 4 is 11.8 Å². The molecule has 7 nitrogen and oxygen atoms in total. The third-order valence-electron chi connectivity index (χ3n) is 3.97. The molecule has 1 atom stereocenters. The Balaban J connectivity index is 1.92. The third-order valence-corrected chi connectivity index (χ3v) is 3.97. The van der Waals surface area contributed by atoms with Gasteiger partial charge < -0.3 is 24.4 Å². The molecule has 0 radical (unpaired) electrons. The van der Waals surface area contributed by atoms with Crippen molar-refractivity contribution in [3.63, 3.8) is 0 Å². The number of cyclic esters (lactones) is 1. The van der Waals surface area contributed by atoms with Crippen molar-refractivity contribution in [1.29, 1.82) is 0 Å². The molecule has 2 N–H and O–H groups in total. The number of Topliss-reactive ketones (excluding diaryl/α,β-unsaturated/α-hetero) is 1. The van der Waals surface area contributed by atoms with Gasteiger partial charge in [-0.2, -0.15) is 0 Å². The fourth-order valence-corrected chi connectivity index (χ4v) is 2.87. The van der Waals surface area contributed by atoms with Crippen molar-refractivity contribution < 1.29 is 34.0 Å². The van der Waals surface area contributed by atoms with Crippen molar-refractivity contribution in [1.82, 2.24) is 0 Å². The minimum atomic E-state index is -0.778. The summed E-state index contributed by atoms with van der Waals surface area (Å²) in [5.74, 6) is -0.774. The molecule has 2 aromatic rings. The maximum Gasteiger partial charge on any atom is 0.343 e. The number of ether oxygens (including phenoxy) is 3. The molecule has 0 amide bonds. The van der Waals surface area contributed by atoms with Crippen LogP contribution in [0.3, 0.4) is 0 Å². The van der Waals surface area contributed by atoms with Gasteiger partial charge >= 0.3 is 5.97 Å². The van der Waals surface area contributed by atoms with Crippen LogP contribution in [0.5, 0.6) is 23.0 Å². The minimum Gasteiger partial charge on any atom is -0.508 e. The number of methoxy groups -OCH3 is 2. The number of aromatic hydroxyl groups is 2. The molecular formula is C18H16O7. The van der Waals surface area contributed by atoms with E-state index < -0.39 is 12.1 Å². The predicted molar refractivity (Wildman–Crippen MR) is 86.4 cm³/mol. The van der Waals surface area contributed by atoms with Crippen LogP contribution in [-0.4, -0.2) is 36.2 Å². The summed E-state index contributed by atoms with van der Waals surface area (Å²) >= 11 is 0. The summed E-state index contributed by atoms with van der Waals surface area (Å²) < 4.78 is 15.7. The first-order chi connectivity index (χ1) is 11.9. The van der Waals surface area contributed by atoms with Gasteiger partial charge in [0.05, 0.1) is 20.6 Å². The summed E-state index contributed by atoms with van der Waals surface area (Å²) in [6.45, 7) is 0. The van der Waals surface area contributed by atoms with Crippen molar-refractivity contribution in [3.8, 4) is 23.0 Å². The van der Waals surface area contributed by atoms with Crippen LogP contribution >= 0.6 is 0 Å². The number of fused-ring (bicyclic) bond motifs is 1. The van der Waals surface area contributed by atoms with Crippen molar-refractivity contribution in [2.45, 2.75) is 12.5 Å². The summed E-state index contributed by atoms with van der Waals surface area (Å²) in [6.07, 6.45) is -0.906. The molecule has 1 aliphatic heterocycles. The van der Waals surface area contributed by atoms with Crippen molar-refractivity contribution in [2.24, 2.45) is 0 Å². The van der Waals surface area contributed by atoms with E-state index in [0.717, 1.165) is 6.07 Å². The van der Waals surface area contributed by atoms with Gasteiger partial charge in [-0.1, -0.05) is 6.07 Å². The van der Waals surface area contributed by atoms with Gasteiger partial charge in [0.25, 0.3) is 0 Å². The minimum absolute atomic E-state index is 0.127. The van der Waals surface area contributed by atoms with Crippen LogP contribution in [-0.2, 0) is 4.74 Å². The zero-order valence-corrected chi connectivity index (χ0v) is 13.6. The van der Waals surface area contributed by atoms with Crippen LogP contribution in [0.4, 0.5) is 0 Å². The molecule has 0 aliphatic carbocycles. The van der Waals surface area contributed by atoms with E-state index in [9.17, 15) is 19.8 Å². The zero-order valence-electron chi connectivity index (χ0n) is 13.6. The quantitative estimate of drug-likeness (QED) is 0.635. The molecule has 3 rings (SSSR count). The topological polar surface area (TPSA) is 102 Å². The van der Waals surface area contributed by atoms with Crippen LogP contribution in [0, 0.1) is 0 Å². The summed E-state index contributed by atoms with van der Waals surface area (Å²) in [7, 11) is 2.87. The monoisotopic (exact) mass is 344 g/mol. The lowest BCUT2D eigenvalue weighted by atomic mass is 9.97. The van der Waals surface area contributed by atoms with Crippen molar-refractivity contribution in [2.75, 3.05) is 14.2 Å². The van der Waals surface area contributed by atoms with Gasteiger partial charge in [0.15, 0.2) is 17.3 Å². The second-order valence-electron chi connectivity index (χ2n) is 5.52. The van der Waals surface area contributed by atoms with Gasteiger partial charge in [0.1, 0.15) is 23.2 Å². The highest BCUT2D eigenvalue weighted by Crippen LogP contribution is 2.43. The van der Waals surface area contributed by atoms with E-state index in [1.54, 1.807) is 12.1 Å². The highest BCUT2D eigenvalue weighted by Gasteiger charge is 2.37. The standard InChI is InChI=1S/C18H16O7/c1-23-14-4-3-12-15(25-18(22)16(12)17(14)24-2)8-13(21)9-5-10(19)7-11(20)6-9/h3-7,15,19-20H,8H2,1-2H3/t15-/m1/s1. The van der Waals surface area contributed by atoms with Gasteiger partial charge in [0, 0.05) is 17.2 Å². The van der Waals surface area contributed by atoms with Gasteiger partial charge in [-0.3, -0.25) is 4.79 Å². The van der Waals surface area contributed by atoms with E-state index in [2.05, 4.69) is 0 Å².